The van der Waals surface area contributed by atoms with Crippen molar-refractivity contribution in [1.82, 2.24) is 3.56 Å². The van der Waals surface area contributed by atoms with Crippen LogP contribution in [0.2, 0.25) is 0 Å². The van der Waals surface area contributed by atoms with Crippen molar-refractivity contribution in [3.05, 3.63) is 58.5 Å². The van der Waals surface area contributed by atoms with Crippen molar-refractivity contribution in [2.24, 2.45) is 0 Å². The van der Waals surface area contributed by atoms with E-state index in [1.54, 1.807) is 19.1 Å². The summed E-state index contributed by atoms with van der Waals surface area (Å²) in [4.78, 5) is 0. The van der Waals surface area contributed by atoms with Gasteiger partial charge in [0.15, 0.2) is 0 Å². The van der Waals surface area contributed by atoms with Crippen molar-refractivity contribution in [1.29, 1.82) is 0 Å². The quantitative estimate of drug-likeness (QED) is 0.486. The predicted molar refractivity (Wildman–Crippen MR) is 75.7 cm³/mol. The Kier molecular flexibility index (Phi) is 2.94. The Morgan fingerprint density at radius 2 is 1.94 bits per heavy atom. The first-order valence-electron chi connectivity index (χ1n) is 5.54. The summed E-state index contributed by atoms with van der Waals surface area (Å²) in [5.74, 6) is -0.179. The third kappa shape index (κ3) is 1.87. The van der Waals surface area contributed by atoms with Gasteiger partial charge in [0.05, 0.1) is 0 Å². The van der Waals surface area contributed by atoms with E-state index in [1.165, 1.54) is 4.26 Å². The Morgan fingerprint density at radius 3 is 2.67 bits per heavy atom. The Bertz CT molecular complexity index is 788. The molecule has 1 heterocycles. The van der Waals surface area contributed by atoms with Crippen LogP contribution in [0.5, 0.6) is 0 Å². The zero-order valence-corrected chi connectivity index (χ0v) is 12.2. The van der Waals surface area contributed by atoms with E-state index in [-0.39, 0.29) is 20.5 Å². The minimum absolute atomic E-state index is 0.107. The summed E-state index contributed by atoms with van der Waals surface area (Å²) < 4.78 is 17.7. The predicted octanol–water partition coefficient (Wildman–Crippen LogP) is 3.86. The van der Waals surface area contributed by atoms with Gasteiger partial charge in [-0.15, -0.1) is 0 Å². The summed E-state index contributed by atoms with van der Waals surface area (Å²) in [5, 5.41) is 1.11. The van der Waals surface area contributed by atoms with Crippen molar-refractivity contribution < 1.29 is 4.39 Å². The van der Waals surface area contributed by atoms with Gasteiger partial charge >= 0.3 is 116 Å². The molecular weight excluding hydrogens is 312 g/mol. The second-order valence-corrected chi connectivity index (χ2v) is 6.58. The molecule has 2 aromatic carbocycles. The van der Waals surface area contributed by atoms with E-state index in [9.17, 15) is 4.39 Å². The van der Waals surface area contributed by atoms with Gasteiger partial charge in [-0.3, -0.25) is 0 Å². The van der Waals surface area contributed by atoms with Crippen LogP contribution in [0.3, 0.4) is 0 Å². The third-order valence-corrected chi connectivity index (χ3v) is 5.91. The molecule has 0 aliphatic rings. The average Bonchev–Trinajstić information content (AvgIpc) is 2.71. The summed E-state index contributed by atoms with van der Waals surface area (Å²) in [6.07, 6.45) is 0. The number of hydrogen-bond acceptors (Lipinski definition) is 1. The molecule has 3 rings (SSSR count). The SMILES string of the molecule is Cc1ccc(-n2[se]c3ccccc3c2=S)cc1F. The van der Waals surface area contributed by atoms with Gasteiger partial charge in [-0.05, 0) is 0 Å². The number of nitrogens with zero attached hydrogens (tertiary/aromatic N) is 1. The molecule has 0 atom stereocenters. The zero-order valence-electron chi connectivity index (χ0n) is 9.68. The molecule has 0 fully saturated rings. The van der Waals surface area contributed by atoms with Gasteiger partial charge in [0.25, 0.3) is 0 Å². The van der Waals surface area contributed by atoms with Crippen LogP contribution in [0.1, 0.15) is 5.56 Å². The molecule has 0 saturated carbocycles. The summed E-state index contributed by atoms with van der Waals surface area (Å²) in [7, 11) is 0. The van der Waals surface area contributed by atoms with Gasteiger partial charge in [0.1, 0.15) is 0 Å². The Balaban J connectivity index is 2.28. The van der Waals surface area contributed by atoms with Crippen molar-refractivity contribution >= 4 is 36.6 Å². The fourth-order valence-corrected chi connectivity index (χ4v) is 4.57. The van der Waals surface area contributed by atoms with Crippen LogP contribution in [0, 0.1) is 17.4 Å². The molecule has 1 aromatic heterocycles. The molecule has 0 amide bonds. The van der Waals surface area contributed by atoms with Crippen LogP contribution in [0.25, 0.3) is 15.3 Å². The Morgan fingerprint density at radius 1 is 1.17 bits per heavy atom. The number of halogens is 1. The van der Waals surface area contributed by atoms with Crippen molar-refractivity contribution in [2.75, 3.05) is 0 Å². The van der Waals surface area contributed by atoms with E-state index < -0.39 is 0 Å². The topological polar surface area (TPSA) is 4.93 Å². The summed E-state index contributed by atoms with van der Waals surface area (Å²) in [6, 6.07) is 13.4. The fraction of sp³-hybridized carbons (Fsp3) is 0.0714. The molecule has 3 aromatic rings. The number of rotatable bonds is 1. The van der Waals surface area contributed by atoms with E-state index in [0.29, 0.717) is 5.56 Å². The van der Waals surface area contributed by atoms with E-state index in [1.807, 2.05) is 27.8 Å². The van der Waals surface area contributed by atoms with Gasteiger partial charge < -0.3 is 0 Å². The Hall–Kier alpha value is -1.22. The summed E-state index contributed by atoms with van der Waals surface area (Å²) in [5.41, 5.74) is 1.51. The second-order valence-electron chi connectivity index (χ2n) is 4.12. The van der Waals surface area contributed by atoms with Crippen LogP contribution in [0.15, 0.2) is 42.5 Å². The van der Waals surface area contributed by atoms with Crippen LogP contribution < -0.4 is 0 Å². The molecule has 0 aliphatic heterocycles. The zero-order chi connectivity index (χ0) is 12.7. The van der Waals surface area contributed by atoms with Gasteiger partial charge in [0, 0.05) is 0 Å². The third-order valence-electron chi connectivity index (χ3n) is 2.88. The van der Waals surface area contributed by atoms with E-state index >= 15 is 0 Å². The van der Waals surface area contributed by atoms with Gasteiger partial charge in [-0.25, -0.2) is 0 Å². The first kappa shape index (κ1) is 11.8. The van der Waals surface area contributed by atoms with Crippen molar-refractivity contribution in [2.45, 2.75) is 6.92 Å². The van der Waals surface area contributed by atoms with Gasteiger partial charge in [-0.2, -0.15) is 0 Å². The molecule has 0 bridgehead atoms. The van der Waals surface area contributed by atoms with Crippen LogP contribution in [0.4, 0.5) is 4.39 Å². The van der Waals surface area contributed by atoms with E-state index in [0.717, 1.165) is 15.7 Å². The molecule has 0 aliphatic carbocycles. The molecule has 4 heteroatoms. The van der Waals surface area contributed by atoms with E-state index in [4.69, 9.17) is 12.2 Å². The molecule has 0 saturated heterocycles. The molecule has 0 radical (unpaired) electrons. The van der Waals surface area contributed by atoms with Crippen LogP contribution in [-0.4, -0.2) is 18.3 Å². The van der Waals surface area contributed by atoms with Crippen molar-refractivity contribution in [3.63, 3.8) is 0 Å². The number of aromatic nitrogens is 1. The molecule has 0 N–H and O–H groups in total. The Labute approximate surface area is 115 Å². The number of aryl methyl sites for hydroxylation is 1. The standard InChI is InChI=1S/C14H10FNSSe/c1-9-6-7-10(8-12(9)15)16-14(17)11-4-2-3-5-13(11)18-16/h2-8H,1H3. The minimum atomic E-state index is -0.179. The van der Waals surface area contributed by atoms with Crippen LogP contribution in [-0.2, 0) is 0 Å². The fourth-order valence-electron chi connectivity index (χ4n) is 1.85. The molecule has 18 heavy (non-hydrogen) atoms. The summed E-state index contributed by atoms with van der Waals surface area (Å²) in [6.45, 7) is 1.77. The number of benzene rings is 2. The average molecular weight is 322 g/mol. The first-order valence-corrected chi connectivity index (χ1v) is 7.57. The van der Waals surface area contributed by atoms with Crippen LogP contribution >= 0.6 is 12.2 Å². The van der Waals surface area contributed by atoms with E-state index in [2.05, 4.69) is 6.07 Å². The van der Waals surface area contributed by atoms with Crippen molar-refractivity contribution in [3.8, 4) is 5.69 Å². The first-order chi connectivity index (χ1) is 8.66. The molecule has 90 valence electrons. The monoisotopic (exact) mass is 323 g/mol. The maximum absolute atomic E-state index is 13.6. The number of fused-ring (bicyclic) bond motifs is 1. The second kappa shape index (κ2) is 4.47. The van der Waals surface area contributed by atoms with Gasteiger partial charge in [-0.1, -0.05) is 0 Å². The van der Waals surface area contributed by atoms with Gasteiger partial charge in [0.2, 0.25) is 0 Å². The summed E-state index contributed by atoms with van der Waals surface area (Å²) >= 11 is 5.58. The molecule has 0 unspecified atom stereocenters. The molecule has 0 spiro atoms. The maximum atomic E-state index is 13.6. The molecule has 1 nitrogen and oxygen atoms in total. The number of hydrogen-bond donors (Lipinski definition) is 0. The normalized spacial score (nSPS) is 11.0. The molecular formula is C14H10FNSSe.